The number of carbonyl (C=O) groups is 1. The van der Waals surface area contributed by atoms with Crippen molar-refractivity contribution >= 4 is 5.97 Å². The van der Waals surface area contributed by atoms with Crippen molar-refractivity contribution in [1.82, 2.24) is 5.32 Å². The molecule has 0 aromatic carbocycles. The van der Waals surface area contributed by atoms with E-state index in [4.69, 9.17) is 9.47 Å². The van der Waals surface area contributed by atoms with Crippen LogP contribution in [-0.2, 0) is 14.3 Å². The van der Waals surface area contributed by atoms with E-state index >= 15 is 0 Å². The Labute approximate surface area is 98.7 Å². The Morgan fingerprint density at radius 2 is 2.00 bits per heavy atom. The summed E-state index contributed by atoms with van der Waals surface area (Å²) in [5, 5.41) is 3.18. The molecule has 1 unspecified atom stereocenters. The Hall–Kier alpha value is -0.610. The Kier molecular flexibility index (Phi) is 10.5. The summed E-state index contributed by atoms with van der Waals surface area (Å²) in [4.78, 5) is 11.4. The van der Waals surface area contributed by atoms with E-state index < -0.39 is 0 Å². The molecular formula is C12H25NO3. The van der Waals surface area contributed by atoms with Gasteiger partial charge < -0.3 is 14.8 Å². The van der Waals surface area contributed by atoms with Gasteiger partial charge in [-0.25, -0.2) is 0 Å². The maximum atomic E-state index is 11.4. The van der Waals surface area contributed by atoms with Crippen molar-refractivity contribution in [1.29, 1.82) is 0 Å². The normalized spacial score (nSPS) is 12.4. The van der Waals surface area contributed by atoms with Crippen LogP contribution in [0.15, 0.2) is 0 Å². The van der Waals surface area contributed by atoms with Gasteiger partial charge >= 0.3 is 5.97 Å². The molecule has 4 heteroatoms. The van der Waals surface area contributed by atoms with Crippen LogP contribution in [0.4, 0.5) is 0 Å². The third-order valence-electron chi connectivity index (χ3n) is 2.18. The van der Waals surface area contributed by atoms with Crippen molar-refractivity contribution in [2.75, 3.05) is 26.4 Å². The molecule has 96 valence electrons. The molecule has 1 atom stereocenters. The lowest BCUT2D eigenvalue weighted by Gasteiger charge is -2.15. The first-order chi connectivity index (χ1) is 7.76. The fourth-order valence-electron chi connectivity index (χ4n) is 1.33. The zero-order valence-electron chi connectivity index (χ0n) is 10.8. The molecule has 0 bridgehead atoms. The van der Waals surface area contributed by atoms with Crippen molar-refractivity contribution in [3.8, 4) is 0 Å². The van der Waals surface area contributed by atoms with Gasteiger partial charge in [-0.2, -0.15) is 0 Å². The second kappa shape index (κ2) is 10.9. The minimum absolute atomic E-state index is 0.153. The van der Waals surface area contributed by atoms with Gasteiger partial charge in [0, 0.05) is 13.2 Å². The Morgan fingerprint density at radius 1 is 1.25 bits per heavy atom. The van der Waals surface area contributed by atoms with Gasteiger partial charge in [-0.3, -0.25) is 4.79 Å². The average molecular weight is 231 g/mol. The lowest BCUT2D eigenvalue weighted by Crippen LogP contribution is -2.38. The van der Waals surface area contributed by atoms with Gasteiger partial charge in [-0.05, 0) is 32.7 Å². The molecule has 0 heterocycles. The second-order valence-corrected chi connectivity index (χ2v) is 3.63. The van der Waals surface area contributed by atoms with Gasteiger partial charge in [0.25, 0.3) is 0 Å². The number of ether oxygens (including phenoxy) is 2. The third kappa shape index (κ3) is 7.65. The third-order valence-corrected chi connectivity index (χ3v) is 2.18. The fraction of sp³-hybridized carbons (Fsp3) is 0.917. The topological polar surface area (TPSA) is 47.6 Å². The summed E-state index contributed by atoms with van der Waals surface area (Å²) in [5.41, 5.74) is 0. The molecule has 0 spiro atoms. The first-order valence-corrected chi connectivity index (χ1v) is 6.23. The number of hydrogen-bond acceptors (Lipinski definition) is 4. The highest BCUT2D eigenvalue weighted by atomic mass is 16.5. The van der Waals surface area contributed by atoms with Crippen LogP contribution in [0.1, 0.15) is 40.0 Å². The van der Waals surface area contributed by atoms with Crippen LogP contribution in [0, 0.1) is 0 Å². The molecule has 0 saturated carbocycles. The molecule has 0 fully saturated rings. The van der Waals surface area contributed by atoms with Crippen LogP contribution in [0.5, 0.6) is 0 Å². The van der Waals surface area contributed by atoms with Crippen LogP contribution >= 0.6 is 0 Å². The predicted octanol–water partition coefficient (Wildman–Crippen LogP) is 1.73. The van der Waals surface area contributed by atoms with Gasteiger partial charge in [-0.1, -0.05) is 13.8 Å². The Balaban J connectivity index is 3.51. The number of esters is 1. The molecule has 0 aromatic heterocycles. The van der Waals surface area contributed by atoms with E-state index in [1.165, 1.54) is 0 Å². The van der Waals surface area contributed by atoms with E-state index in [1.807, 2.05) is 13.8 Å². The number of carbonyl (C=O) groups excluding carboxylic acids is 1. The molecule has 4 nitrogen and oxygen atoms in total. The van der Waals surface area contributed by atoms with E-state index in [2.05, 4.69) is 12.2 Å². The number of rotatable bonds is 10. The molecular weight excluding hydrogens is 206 g/mol. The molecule has 0 aliphatic heterocycles. The van der Waals surface area contributed by atoms with Crippen molar-refractivity contribution in [3.05, 3.63) is 0 Å². The van der Waals surface area contributed by atoms with E-state index in [-0.39, 0.29) is 12.0 Å². The molecule has 0 aromatic rings. The van der Waals surface area contributed by atoms with E-state index in [9.17, 15) is 4.79 Å². The number of hydrogen-bond donors (Lipinski definition) is 1. The summed E-state index contributed by atoms with van der Waals surface area (Å²) in [5.74, 6) is -0.153. The van der Waals surface area contributed by atoms with Crippen molar-refractivity contribution in [2.24, 2.45) is 0 Å². The van der Waals surface area contributed by atoms with Crippen LogP contribution in [0.3, 0.4) is 0 Å². The molecule has 0 radical (unpaired) electrons. The standard InChI is InChI=1S/C12H25NO3/c1-4-9-15-10-7-8-13-11(5-2)12(14)16-6-3/h11,13H,4-10H2,1-3H3. The van der Waals surface area contributed by atoms with Crippen LogP contribution in [-0.4, -0.2) is 38.4 Å². The Bertz CT molecular complexity index is 174. The average Bonchev–Trinajstić information content (AvgIpc) is 2.28. The molecule has 0 aliphatic rings. The van der Waals surface area contributed by atoms with Gasteiger partial charge in [0.2, 0.25) is 0 Å². The van der Waals surface area contributed by atoms with Crippen LogP contribution in [0.2, 0.25) is 0 Å². The van der Waals surface area contributed by atoms with E-state index in [0.717, 1.165) is 39.0 Å². The first-order valence-electron chi connectivity index (χ1n) is 6.23. The Morgan fingerprint density at radius 3 is 2.56 bits per heavy atom. The number of nitrogens with one attached hydrogen (secondary N) is 1. The van der Waals surface area contributed by atoms with Crippen LogP contribution in [0.25, 0.3) is 0 Å². The predicted molar refractivity (Wildman–Crippen MR) is 64.4 cm³/mol. The maximum absolute atomic E-state index is 11.4. The molecule has 0 saturated heterocycles. The lowest BCUT2D eigenvalue weighted by atomic mass is 10.2. The summed E-state index contributed by atoms with van der Waals surface area (Å²) < 4.78 is 10.3. The summed E-state index contributed by atoms with van der Waals surface area (Å²) in [7, 11) is 0. The quantitative estimate of drug-likeness (QED) is 0.459. The van der Waals surface area contributed by atoms with Gasteiger partial charge in [0.05, 0.1) is 6.61 Å². The van der Waals surface area contributed by atoms with Gasteiger partial charge in [0.1, 0.15) is 6.04 Å². The molecule has 0 amide bonds. The molecule has 1 N–H and O–H groups in total. The first kappa shape index (κ1) is 15.4. The van der Waals surface area contributed by atoms with Crippen molar-refractivity contribution < 1.29 is 14.3 Å². The summed E-state index contributed by atoms with van der Waals surface area (Å²) in [6, 6.07) is -0.175. The highest BCUT2D eigenvalue weighted by Gasteiger charge is 2.15. The monoisotopic (exact) mass is 231 g/mol. The zero-order chi connectivity index (χ0) is 12.2. The summed E-state index contributed by atoms with van der Waals surface area (Å²) >= 11 is 0. The highest BCUT2D eigenvalue weighted by Crippen LogP contribution is 1.95. The van der Waals surface area contributed by atoms with E-state index in [0.29, 0.717) is 6.61 Å². The summed E-state index contributed by atoms with van der Waals surface area (Å²) in [6.45, 7) is 8.68. The van der Waals surface area contributed by atoms with Crippen molar-refractivity contribution in [3.63, 3.8) is 0 Å². The van der Waals surface area contributed by atoms with Crippen molar-refractivity contribution in [2.45, 2.75) is 46.1 Å². The summed E-state index contributed by atoms with van der Waals surface area (Å²) in [6.07, 6.45) is 2.73. The zero-order valence-corrected chi connectivity index (χ0v) is 10.8. The fourth-order valence-corrected chi connectivity index (χ4v) is 1.33. The SMILES string of the molecule is CCCOCCCNC(CC)C(=O)OCC. The molecule has 16 heavy (non-hydrogen) atoms. The smallest absolute Gasteiger partial charge is 0.323 e. The molecule has 0 rings (SSSR count). The maximum Gasteiger partial charge on any atom is 0.323 e. The lowest BCUT2D eigenvalue weighted by molar-refractivity contribution is -0.145. The molecule has 0 aliphatic carbocycles. The minimum Gasteiger partial charge on any atom is -0.465 e. The largest absolute Gasteiger partial charge is 0.465 e. The second-order valence-electron chi connectivity index (χ2n) is 3.63. The van der Waals surface area contributed by atoms with E-state index in [1.54, 1.807) is 0 Å². The van der Waals surface area contributed by atoms with Crippen LogP contribution < -0.4 is 5.32 Å². The van der Waals surface area contributed by atoms with Gasteiger partial charge in [-0.15, -0.1) is 0 Å². The highest BCUT2D eigenvalue weighted by molar-refractivity contribution is 5.75. The minimum atomic E-state index is -0.175. The van der Waals surface area contributed by atoms with Gasteiger partial charge in [0.15, 0.2) is 0 Å².